The molecule has 0 saturated carbocycles. The highest BCUT2D eigenvalue weighted by Crippen LogP contribution is 2.40. The number of likely N-dealkylation sites (N-methyl/N-ethyl adjacent to an activating group) is 1. The summed E-state index contributed by atoms with van der Waals surface area (Å²) in [5, 5.41) is 0. The van der Waals surface area contributed by atoms with Crippen molar-refractivity contribution in [2.75, 3.05) is 33.7 Å². The number of rotatable bonds is 3. The van der Waals surface area contributed by atoms with Crippen molar-refractivity contribution in [3.8, 4) is 0 Å². The van der Waals surface area contributed by atoms with Crippen LogP contribution in [-0.4, -0.2) is 65.5 Å². The molecule has 3 heterocycles. The molecule has 6 nitrogen and oxygen atoms in total. The van der Waals surface area contributed by atoms with Crippen LogP contribution in [0.2, 0.25) is 0 Å². The van der Waals surface area contributed by atoms with Crippen LogP contribution in [-0.2, 0) is 9.53 Å². The maximum absolute atomic E-state index is 12.2. The number of aryl methyl sites for hydroxylation is 1. The molecule has 0 N–H and O–H groups in total. The number of aromatic nitrogens is 2. The van der Waals surface area contributed by atoms with Crippen LogP contribution in [0.25, 0.3) is 0 Å². The van der Waals surface area contributed by atoms with Crippen LogP contribution in [0.15, 0.2) is 12.3 Å². The number of amides is 1. The van der Waals surface area contributed by atoms with Gasteiger partial charge >= 0.3 is 0 Å². The lowest BCUT2D eigenvalue weighted by Crippen LogP contribution is -2.47. The topological polar surface area (TPSA) is 58.6 Å². The summed E-state index contributed by atoms with van der Waals surface area (Å²) in [6.45, 7) is 3.91. The van der Waals surface area contributed by atoms with Crippen molar-refractivity contribution < 1.29 is 9.53 Å². The van der Waals surface area contributed by atoms with Gasteiger partial charge in [0.2, 0.25) is 5.91 Å². The minimum atomic E-state index is 0.0422. The Morgan fingerprint density at radius 1 is 1.50 bits per heavy atom. The number of piperidine rings is 1. The third-order valence-corrected chi connectivity index (χ3v) is 4.48. The molecule has 120 valence electrons. The lowest BCUT2D eigenvalue weighted by Gasteiger charge is -2.34. The van der Waals surface area contributed by atoms with E-state index < -0.39 is 0 Å². The Labute approximate surface area is 131 Å². The van der Waals surface area contributed by atoms with E-state index in [-0.39, 0.29) is 18.1 Å². The number of hydrogen-bond acceptors (Lipinski definition) is 5. The van der Waals surface area contributed by atoms with E-state index in [1.54, 1.807) is 6.20 Å². The first-order chi connectivity index (χ1) is 10.5. The Morgan fingerprint density at radius 2 is 2.32 bits per heavy atom. The number of carbonyl (C=O) groups is 1. The number of fused-ring (bicyclic) bond motifs is 1. The SMILES string of the molecule is Cc1nccc([C@@H]2C[C@H]3CCN(C(=O)CN(C)C)C[C@@H]3O2)n1. The van der Waals surface area contributed by atoms with Crippen LogP contribution in [0, 0.1) is 12.8 Å². The molecule has 1 amide bonds. The zero-order chi connectivity index (χ0) is 15.7. The lowest BCUT2D eigenvalue weighted by molar-refractivity contribution is -0.136. The highest BCUT2D eigenvalue weighted by atomic mass is 16.5. The van der Waals surface area contributed by atoms with Crippen molar-refractivity contribution in [3.05, 3.63) is 23.8 Å². The molecular formula is C16H24N4O2. The molecule has 0 unspecified atom stereocenters. The van der Waals surface area contributed by atoms with Gasteiger partial charge in [-0.25, -0.2) is 9.97 Å². The number of nitrogens with zero attached hydrogens (tertiary/aromatic N) is 4. The van der Waals surface area contributed by atoms with Crippen LogP contribution >= 0.6 is 0 Å². The van der Waals surface area contributed by atoms with Crippen molar-refractivity contribution in [3.63, 3.8) is 0 Å². The quantitative estimate of drug-likeness (QED) is 0.834. The van der Waals surface area contributed by atoms with Crippen molar-refractivity contribution in [1.29, 1.82) is 0 Å². The predicted molar refractivity (Wildman–Crippen MR) is 82.2 cm³/mol. The van der Waals surface area contributed by atoms with Gasteiger partial charge in [0.05, 0.1) is 18.3 Å². The zero-order valence-corrected chi connectivity index (χ0v) is 13.5. The van der Waals surface area contributed by atoms with E-state index in [2.05, 4.69) is 9.97 Å². The molecule has 1 aromatic heterocycles. The fourth-order valence-electron chi connectivity index (χ4n) is 3.37. The summed E-state index contributed by atoms with van der Waals surface area (Å²) < 4.78 is 6.19. The predicted octanol–water partition coefficient (Wildman–Crippen LogP) is 1.03. The zero-order valence-electron chi connectivity index (χ0n) is 13.5. The van der Waals surface area contributed by atoms with Gasteiger partial charge in [-0.15, -0.1) is 0 Å². The number of ether oxygens (including phenoxy) is 1. The average molecular weight is 304 g/mol. The van der Waals surface area contributed by atoms with Gasteiger partial charge in [0.25, 0.3) is 0 Å². The molecule has 6 heteroatoms. The summed E-state index contributed by atoms with van der Waals surface area (Å²) in [6.07, 6.45) is 3.98. The van der Waals surface area contributed by atoms with Gasteiger partial charge in [0.1, 0.15) is 11.9 Å². The molecule has 3 rings (SSSR count). The Hall–Kier alpha value is -1.53. The van der Waals surface area contributed by atoms with E-state index in [1.165, 1.54) is 0 Å². The van der Waals surface area contributed by atoms with Gasteiger partial charge in [-0.1, -0.05) is 0 Å². The third kappa shape index (κ3) is 3.28. The molecule has 1 aromatic rings. The van der Waals surface area contributed by atoms with Crippen molar-refractivity contribution in [1.82, 2.24) is 19.8 Å². The standard InChI is InChI=1S/C16H24N4O2/c1-11-17-6-4-13(18-11)14-8-12-5-7-20(9-15(12)22-14)16(21)10-19(2)3/h4,6,12,14-15H,5,7-10H2,1-3H3/t12-,14+,15+/m1/s1. The fraction of sp³-hybridized carbons (Fsp3) is 0.688. The molecule has 2 saturated heterocycles. The first-order valence-corrected chi connectivity index (χ1v) is 7.90. The van der Waals surface area contributed by atoms with Gasteiger partial charge in [-0.3, -0.25) is 4.79 Å². The molecule has 0 aliphatic carbocycles. The highest BCUT2D eigenvalue weighted by Gasteiger charge is 2.41. The van der Waals surface area contributed by atoms with Gasteiger partial charge < -0.3 is 14.5 Å². The second-order valence-electron chi connectivity index (χ2n) is 6.55. The summed E-state index contributed by atoms with van der Waals surface area (Å²) in [4.78, 5) is 24.7. The maximum atomic E-state index is 12.2. The van der Waals surface area contributed by atoms with Crippen molar-refractivity contribution in [2.24, 2.45) is 5.92 Å². The number of likely N-dealkylation sites (tertiary alicyclic amines) is 1. The smallest absolute Gasteiger partial charge is 0.236 e. The summed E-state index contributed by atoms with van der Waals surface area (Å²) in [5.41, 5.74) is 0.966. The van der Waals surface area contributed by atoms with E-state index in [4.69, 9.17) is 4.74 Å². The normalized spacial score (nSPS) is 28.0. The van der Waals surface area contributed by atoms with Crippen LogP contribution in [0.1, 0.15) is 30.5 Å². The van der Waals surface area contributed by atoms with Gasteiger partial charge in [0.15, 0.2) is 0 Å². The molecular weight excluding hydrogens is 280 g/mol. The van der Waals surface area contributed by atoms with Crippen LogP contribution in [0.3, 0.4) is 0 Å². The van der Waals surface area contributed by atoms with Crippen LogP contribution in [0.4, 0.5) is 0 Å². The fourth-order valence-corrected chi connectivity index (χ4v) is 3.37. The van der Waals surface area contributed by atoms with E-state index in [0.29, 0.717) is 19.0 Å². The molecule has 22 heavy (non-hydrogen) atoms. The van der Waals surface area contributed by atoms with E-state index in [0.717, 1.165) is 30.9 Å². The number of hydrogen-bond donors (Lipinski definition) is 0. The van der Waals surface area contributed by atoms with Crippen molar-refractivity contribution in [2.45, 2.75) is 32.0 Å². The molecule has 0 radical (unpaired) electrons. The average Bonchev–Trinajstić information content (AvgIpc) is 2.89. The van der Waals surface area contributed by atoms with E-state index in [1.807, 2.05) is 36.9 Å². The molecule has 0 aromatic carbocycles. The number of carbonyl (C=O) groups excluding carboxylic acids is 1. The van der Waals surface area contributed by atoms with Gasteiger partial charge in [-0.2, -0.15) is 0 Å². The maximum Gasteiger partial charge on any atom is 0.236 e. The minimum absolute atomic E-state index is 0.0422. The Morgan fingerprint density at radius 3 is 3.05 bits per heavy atom. The minimum Gasteiger partial charge on any atom is -0.367 e. The Kier molecular flexibility index (Phi) is 4.40. The molecule has 0 bridgehead atoms. The third-order valence-electron chi connectivity index (χ3n) is 4.48. The first-order valence-electron chi connectivity index (χ1n) is 7.90. The van der Waals surface area contributed by atoms with E-state index >= 15 is 0 Å². The Balaban J connectivity index is 1.63. The van der Waals surface area contributed by atoms with Crippen LogP contribution < -0.4 is 0 Å². The van der Waals surface area contributed by atoms with E-state index in [9.17, 15) is 4.79 Å². The summed E-state index contributed by atoms with van der Waals surface area (Å²) in [7, 11) is 3.84. The molecule has 2 aliphatic heterocycles. The van der Waals surface area contributed by atoms with Gasteiger partial charge in [-0.05, 0) is 45.8 Å². The second kappa shape index (κ2) is 6.30. The molecule has 0 spiro atoms. The van der Waals surface area contributed by atoms with Crippen LogP contribution in [0.5, 0.6) is 0 Å². The summed E-state index contributed by atoms with van der Waals surface area (Å²) in [6, 6.07) is 1.93. The monoisotopic (exact) mass is 304 g/mol. The molecule has 2 fully saturated rings. The first kappa shape index (κ1) is 15.4. The van der Waals surface area contributed by atoms with Crippen molar-refractivity contribution >= 4 is 5.91 Å². The van der Waals surface area contributed by atoms with Gasteiger partial charge in [0, 0.05) is 19.3 Å². The molecule has 2 aliphatic rings. The highest BCUT2D eigenvalue weighted by molar-refractivity contribution is 5.78. The molecule has 3 atom stereocenters. The second-order valence-corrected chi connectivity index (χ2v) is 6.55. The summed E-state index contributed by atoms with van der Waals surface area (Å²) in [5.74, 6) is 1.50. The Bertz CT molecular complexity index is 549. The lowest BCUT2D eigenvalue weighted by atomic mass is 9.91. The largest absolute Gasteiger partial charge is 0.367 e. The summed E-state index contributed by atoms with van der Waals surface area (Å²) >= 11 is 0.